The Labute approximate surface area is 378 Å². The van der Waals surface area contributed by atoms with E-state index in [1.165, 1.54) is 106 Å². The molecule has 0 saturated carbocycles. The Kier molecular flexibility index (Phi) is 8.35. The van der Waals surface area contributed by atoms with Crippen LogP contribution in [0, 0.1) is 0 Å². The van der Waals surface area contributed by atoms with Gasteiger partial charge in [-0.05, 0) is 137 Å². The van der Waals surface area contributed by atoms with Crippen molar-refractivity contribution in [1.29, 1.82) is 0 Å². The second-order valence-corrected chi connectivity index (χ2v) is 19.7. The highest BCUT2D eigenvalue weighted by Gasteiger charge is 2.43. The van der Waals surface area contributed by atoms with Crippen molar-refractivity contribution in [3.8, 4) is 66.8 Å². The van der Waals surface area contributed by atoms with Crippen molar-refractivity contribution in [2.45, 2.75) is 57.8 Å². The van der Waals surface area contributed by atoms with Crippen molar-refractivity contribution in [3.05, 3.63) is 234 Å². The van der Waals surface area contributed by atoms with E-state index >= 15 is 0 Å². The lowest BCUT2D eigenvalue weighted by atomic mass is 9.79. The largest absolute Gasteiger partial charge is 0.310 e. The van der Waals surface area contributed by atoms with Crippen molar-refractivity contribution in [2.75, 3.05) is 4.90 Å². The highest BCUT2D eigenvalue weighted by molar-refractivity contribution is 5.98. The molecular formula is C63H51N. The molecule has 0 fully saturated rings. The van der Waals surface area contributed by atoms with Gasteiger partial charge in [-0.1, -0.05) is 199 Å². The van der Waals surface area contributed by atoms with Crippen molar-refractivity contribution >= 4 is 17.1 Å². The normalized spacial score (nSPS) is 15.1. The van der Waals surface area contributed by atoms with Crippen LogP contribution in [-0.2, 0) is 16.2 Å². The third-order valence-electron chi connectivity index (χ3n) is 15.1. The standard InChI is InChI=1S/C63H51N/c1-61(2)53-22-13-11-19-49(53)59-47(20-14-23-54(59)61)44-32-36-46(37-33-44)64(45-34-30-43(31-35-45)42-28-26-41(27-29-42)40-16-8-7-9-17-40)58-25-15-24-55-60(58)51-39-56-50(38-57(51)63(55,5)6)48-18-10-12-21-52(48)62(56,3)4/h7-39H,1-6H3. The first-order valence-electron chi connectivity index (χ1n) is 22.8. The zero-order valence-electron chi connectivity index (χ0n) is 37.5. The monoisotopic (exact) mass is 821 g/mol. The van der Waals surface area contributed by atoms with Gasteiger partial charge in [-0.25, -0.2) is 0 Å². The molecule has 64 heavy (non-hydrogen) atoms. The predicted octanol–water partition coefficient (Wildman–Crippen LogP) is 17.1. The Hall–Kier alpha value is -7.22. The Morgan fingerprint density at radius 1 is 0.266 bits per heavy atom. The van der Waals surface area contributed by atoms with E-state index in [-0.39, 0.29) is 16.2 Å². The van der Waals surface area contributed by atoms with E-state index in [4.69, 9.17) is 0 Å². The number of hydrogen-bond acceptors (Lipinski definition) is 1. The molecule has 308 valence electrons. The summed E-state index contributed by atoms with van der Waals surface area (Å²) in [6, 6.07) is 75.0. The van der Waals surface area contributed by atoms with E-state index in [2.05, 4.69) is 247 Å². The molecule has 0 N–H and O–H groups in total. The average molecular weight is 822 g/mol. The molecule has 0 atom stereocenters. The van der Waals surface area contributed by atoms with Gasteiger partial charge in [0.15, 0.2) is 0 Å². The maximum Gasteiger partial charge on any atom is 0.0543 e. The van der Waals surface area contributed by atoms with Crippen LogP contribution in [0.4, 0.5) is 17.1 Å². The Morgan fingerprint density at radius 3 is 1.31 bits per heavy atom. The van der Waals surface area contributed by atoms with Gasteiger partial charge in [0.1, 0.15) is 0 Å². The summed E-state index contributed by atoms with van der Waals surface area (Å²) in [5.41, 5.74) is 27.0. The van der Waals surface area contributed by atoms with Crippen LogP contribution in [0.25, 0.3) is 66.8 Å². The predicted molar refractivity (Wildman–Crippen MR) is 270 cm³/mol. The molecule has 0 bridgehead atoms. The maximum atomic E-state index is 2.54. The second-order valence-electron chi connectivity index (χ2n) is 19.7. The number of fused-ring (bicyclic) bond motifs is 9. The number of benzene rings is 9. The molecule has 0 spiro atoms. The van der Waals surface area contributed by atoms with Crippen LogP contribution in [0.2, 0.25) is 0 Å². The summed E-state index contributed by atoms with van der Waals surface area (Å²) < 4.78 is 0. The van der Waals surface area contributed by atoms with Gasteiger partial charge in [0.2, 0.25) is 0 Å². The minimum atomic E-state index is -0.180. The van der Waals surface area contributed by atoms with E-state index in [1.54, 1.807) is 0 Å². The third kappa shape index (κ3) is 5.56. The molecule has 3 aliphatic carbocycles. The lowest BCUT2D eigenvalue weighted by Gasteiger charge is -2.29. The molecule has 1 nitrogen and oxygen atoms in total. The third-order valence-corrected chi connectivity index (χ3v) is 15.1. The summed E-state index contributed by atoms with van der Waals surface area (Å²) >= 11 is 0. The SMILES string of the molecule is CC1(C)c2ccccc2-c2cc3c(cc21)-c1c(N(c2ccc(-c4ccc(-c5ccccc5)cc4)cc2)c2ccc(-c4cccc5c4-c4ccccc4C5(C)C)cc2)cccc1C3(C)C. The number of hydrogen-bond donors (Lipinski definition) is 0. The minimum Gasteiger partial charge on any atom is -0.310 e. The van der Waals surface area contributed by atoms with Crippen LogP contribution in [0.1, 0.15) is 74.9 Å². The molecule has 1 heteroatoms. The van der Waals surface area contributed by atoms with Gasteiger partial charge < -0.3 is 4.90 Å². The molecule has 0 unspecified atom stereocenters. The van der Waals surface area contributed by atoms with Crippen LogP contribution in [0.15, 0.2) is 200 Å². The highest BCUT2D eigenvalue weighted by Crippen LogP contribution is 2.59. The Balaban J connectivity index is 1.01. The first kappa shape index (κ1) is 38.5. The van der Waals surface area contributed by atoms with Crippen molar-refractivity contribution in [3.63, 3.8) is 0 Å². The van der Waals surface area contributed by atoms with E-state index < -0.39 is 0 Å². The summed E-state index contributed by atoms with van der Waals surface area (Å²) in [6.07, 6.45) is 0. The van der Waals surface area contributed by atoms with Crippen LogP contribution >= 0.6 is 0 Å². The average Bonchev–Trinajstić information content (AvgIpc) is 3.81. The molecule has 12 rings (SSSR count). The number of anilines is 3. The van der Waals surface area contributed by atoms with Crippen molar-refractivity contribution in [1.82, 2.24) is 0 Å². The first-order valence-corrected chi connectivity index (χ1v) is 22.8. The number of nitrogens with zero attached hydrogens (tertiary/aromatic N) is 1. The fourth-order valence-corrected chi connectivity index (χ4v) is 11.6. The summed E-state index contributed by atoms with van der Waals surface area (Å²) in [6.45, 7) is 14.3. The lowest BCUT2D eigenvalue weighted by molar-refractivity contribution is 0.652. The molecule has 9 aromatic rings. The molecule has 0 heterocycles. The Bertz CT molecular complexity index is 3310. The summed E-state index contributed by atoms with van der Waals surface area (Å²) in [7, 11) is 0. The molecule has 0 saturated heterocycles. The molecule has 9 aromatic carbocycles. The van der Waals surface area contributed by atoms with Crippen molar-refractivity contribution in [2.24, 2.45) is 0 Å². The quantitative estimate of drug-likeness (QED) is 0.161. The second kappa shape index (κ2) is 13.9. The maximum absolute atomic E-state index is 2.54. The van der Waals surface area contributed by atoms with E-state index in [9.17, 15) is 0 Å². The van der Waals surface area contributed by atoms with Gasteiger partial charge in [-0.2, -0.15) is 0 Å². The van der Waals surface area contributed by atoms with Crippen LogP contribution in [0.5, 0.6) is 0 Å². The molecular weight excluding hydrogens is 771 g/mol. The first-order chi connectivity index (χ1) is 31.0. The van der Waals surface area contributed by atoms with Gasteiger partial charge in [0, 0.05) is 33.2 Å². The summed E-state index contributed by atoms with van der Waals surface area (Å²) in [5.74, 6) is 0. The van der Waals surface area contributed by atoms with Gasteiger partial charge in [-0.3, -0.25) is 0 Å². The van der Waals surface area contributed by atoms with Crippen LogP contribution in [-0.4, -0.2) is 0 Å². The van der Waals surface area contributed by atoms with Crippen LogP contribution < -0.4 is 4.90 Å². The van der Waals surface area contributed by atoms with Gasteiger partial charge in [-0.15, -0.1) is 0 Å². The zero-order chi connectivity index (χ0) is 43.5. The van der Waals surface area contributed by atoms with E-state index in [0.29, 0.717) is 0 Å². The van der Waals surface area contributed by atoms with Gasteiger partial charge in [0.25, 0.3) is 0 Å². The highest BCUT2D eigenvalue weighted by atomic mass is 15.1. The molecule has 3 aliphatic rings. The van der Waals surface area contributed by atoms with Crippen LogP contribution in [0.3, 0.4) is 0 Å². The summed E-state index contributed by atoms with van der Waals surface area (Å²) in [4.78, 5) is 2.50. The molecule has 0 aromatic heterocycles. The van der Waals surface area contributed by atoms with E-state index in [1.807, 2.05) is 0 Å². The number of rotatable bonds is 6. The molecule has 0 aliphatic heterocycles. The Morgan fingerprint density at radius 2 is 0.672 bits per heavy atom. The smallest absolute Gasteiger partial charge is 0.0543 e. The lowest BCUT2D eigenvalue weighted by Crippen LogP contribution is -2.17. The minimum absolute atomic E-state index is 0.0509. The van der Waals surface area contributed by atoms with Crippen molar-refractivity contribution < 1.29 is 0 Å². The molecule has 0 amide bonds. The summed E-state index contributed by atoms with van der Waals surface area (Å²) in [5, 5.41) is 0. The molecule has 0 radical (unpaired) electrons. The fourth-order valence-electron chi connectivity index (χ4n) is 11.6. The van der Waals surface area contributed by atoms with E-state index in [0.717, 1.165) is 11.4 Å². The zero-order valence-corrected chi connectivity index (χ0v) is 37.5. The topological polar surface area (TPSA) is 3.24 Å². The fraction of sp³-hybridized carbons (Fsp3) is 0.143. The van der Waals surface area contributed by atoms with Gasteiger partial charge in [0.05, 0.1) is 5.69 Å². The van der Waals surface area contributed by atoms with Gasteiger partial charge >= 0.3 is 0 Å².